The standard InChI is InChI=1S/C20H21N3O3/c1-14(2)26-19-9-8-15(12-22-19)11-21-18(24)10-17-13-25-20(23-17)16-6-4-3-5-7-16/h3-9,12-14H,10-11H2,1-2H3,(H,21,24). The summed E-state index contributed by atoms with van der Waals surface area (Å²) in [5.41, 5.74) is 2.38. The molecule has 26 heavy (non-hydrogen) atoms. The summed E-state index contributed by atoms with van der Waals surface area (Å²) in [6, 6.07) is 13.3. The van der Waals surface area contributed by atoms with Crippen LogP contribution in [0.15, 0.2) is 59.3 Å². The SMILES string of the molecule is CC(C)Oc1ccc(CNC(=O)Cc2coc(-c3ccccc3)n2)cn1. The molecule has 134 valence electrons. The van der Waals surface area contributed by atoms with Crippen molar-refractivity contribution in [2.45, 2.75) is 32.9 Å². The molecule has 1 aromatic carbocycles. The molecule has 0 bridgehead atoms. The van der Waals surface area contributed by atoms with E-state index in [-0.39, 0.29) is 18.4 Å². The maximum Gasteiger partial charge on any atom is 0.226 e. The molecular formula is C20H21N3O3. The Balaban J connectivity index is 1.51. The van der Waals surface area contributed by atoms with Gasteiger partial charge in [-0.05, 0) is 31.5 Å². The zero-order valence-corrected chi connectivity index (χ0v) is 14.8. The van der Waals surface area contributed by atoms with Crippen LogP contribution in [-0.2, 0) is 17.8 Å². The van der Waals surface area contributed by atoms with Crippen LogP contribution in [0.3, 0.4) is 0 Å². The predicted octanol–water partition coefficient (Wildman–Crippen LogP) is 3.38. The van der Waals surface area contributed by atoms with Crippen molar-refractivity contribution in [1.82, 2.24) is 15.3 Å². The minimum Gasteiger partial charge on any atom is -0.475 e. The van der Waals surface area contributed by atoms with E-state index in [4.69, 9.17) is 9.15 Å². The molecule has 0 spiro atoms. The number of benzene rings is 1. The van der Waals surface area contributed by atoms with Gasteiger partial charge in [-0.3, -0.25) is 4.79 Å². The second kappa shape index (κ2) is 8.29. The molecule has 6 nitrogen and oxygen atoms in total. The van der Waals surface area contributed by atoms with Crippen molar-refractivity contribution in [3.63, 3.8) is 0 Å². The Bertz CT molecular complexity index is 842. The first kappa shape index (κ1) is 17.7. The molecule has 0 atom stereocenters. The van der Waals surface area contributed by atoms with Crippen molar-refractivity contribution in [3.05, 3.63) is 66.2 Å². The molecule has 0 aliphatic rings. The lowest BCUT2D eigenvalue weighted by molar-refractivity contribution is -0.120. The summed E-state index contributed by atoms with van der Waals surface area (Å²) in [7, 11) is 0. The Hall–Kier alpha value is -3.15. The number of oxazole rings is 1. The molecule has 0 unspecified atom stereocenters. The van der Waals surface area contributed by atoms with E-state index in [2.05, 4.69) is 15.3 Å². The summed E-state index contributed by atoms with van der Waals surface area (Å²) in [5, 5.41) is 2.86. The van der Waals surface area contributed by atoms with E-state index in [0.29, 0.717) is 24.0 Å². The molecule has 2 heterocycles. The molecule has 0 saturated heterocycles. The highest BCUT2D eigenvalue weighted by Crippen LogP contribution is 2.18. The second-order valence-electron chi connectivity index (χ2n) is 6.13. The Morgan fingerprint density at radius 2 is 2.00 bits per heavy atom. The molecular weight excluding hydrogens is 330 g/mol. The molecule has 1 N–H and O–H groups in total. The summed E-state index contributed by atoms with van der Waals surface area (Å²) in [5.74, 6) is 0.963. The van der Waals surface area contributed by atoms with Gasteiger partial charge in [0.1, 0.15) is 6.26 Å². The minimum absolute atomic E-state index is 0.0799. The van der Waals surface area contributed by atoms with Gasteiger partial charge < -0.3 is 14.5 Å². The van der Waals surface area contributed by atoms with E-state index in [9.17, 15) is 4.79 Å². The maximum absolute atomic E-state index is 12.1. The molecule has 0 saturated carbocycles. The van der Waals surface area contributed by atoms with Crippen LogP contribution in [0, 0.1) is 0 Å². The van der Waals surface area contributed by atoms with Crippen LogP contribution in [0.5, 0.6) is 5.88 Å². The third-order valence-electron chi connectivity index (χ3n) is 3.56. The van der Waals surface area contributed by atoms with Crippen LogP contribution in [0.1, 0.15) is 25.1 Å². The van der Waals surface area contributed by atoms with E-state index in [1.807, 2.05) is 50.2 Å². The summed E-state index contributed by atoms with van der Waals surface area (Å²) >= 11 is 0. The van der Waals surface area contributed by atoms with Gasteiger partial charge in [-0.25, -0.2) is 9.97 Å². The maximum atomic E-state index is 12.1. The summed E-state index contributed by atoms with van der Waals surface area (Å²) < 4.78 is 10.9. The van der Waals surface area contributed by atoms with Gasteiger partial charge in [0, 0.05) is 24.4 Å². The fourth-order valence-electron chi connectivity index (χ4n) is 2.36. The van der Waals surface area contributed by atoms with Crippen molar-refractivity contribution in [1.29, 1.82) is 0 Å². The van der Waals surface area contributed by atoms with Gasteiger partial charge in [-0.2, -0.15) is 0 Å². The van der Waals surface area contributed by atoms with Gasteiger partial charge in [0.25, 0.3) is 0 Å². The number of carbonyl (C=O) groups excluding carboxylic acids is 1. The molecule has 3 aromatic rings. The molecule has 1 amide bonds. The summed E-state index contributed by atoms with van der Waals surface area (Å²) in [6.45, 7) is 4.29. The average Bonchev–Trinajstić information content (AvgIpc) is 3.10. The van der Waals surface area contributed by atoms with Crippen LogP contribution in [0.2, 0.25) is 0 Å². The first-order valence-electron chi connectivity index (χ1n) is 8.48. The van der Waals surface area contributed by atoms with Crippen molar-refractivity contribution in [2.24, 2.45) is 0 Å². The predicted molar refractivity (Wildman–Crippen MR) is 97.5 cm³/mol. The number of ether oxygens (including phenoxy) is 1. The molecule has 0 aliphatic carbocycles. The van der Waals surface area contributed by atoms with Crippen LogP contribution in [0.25, 0.3) is 11.5 Å². The van der Waals surface area contributed by atoms with E-state index < -0.39 is 0 Å². The Morgan fingerprint density at radius 3 is 2.69 bits per heavy atom. The first-order valence-corrected chi connectivity index (χ1v) is 8.48. The Labute approximate surface area is 152 Å². The van der Waals surface area contributed by atoms with Crippen LogP contribution in [-0.4, -0.2) is 22.0 Å². The normalized spacial score (nSPS) is 10.7. The smallest absolute Gasteiger partial charge is 0.226 e. The van der Waals surface area contributed by atoms with Gasteiger partial charge >= 0.3 is 0 Å². The van der Waals surface area contributed by atoms with Gasteiger partial charge in [0.15, 0.2) is 0 Å². The Morgan fingerprint density at radius 1 is 1.19 bits per heavy atom. The zero-order valence-electron chi connectivity index (χ0n) is 14.8. The highest BCUT2D eigenvalue weighted by Gasteiger charge is 2.10. The molecule has 0 radical (unpaired) electrons. The minimum atomic E-state index is -0.125. The van der Waals surface area contributed by atoms with Crippen molar-refractivity contribution in [3.8, 4) is 17.3 Å². The number of nitrogens with zero attached hydrogens (tertiary/aromatic N) is 2. The van der Waals surface area contributed by atoms with Gasteiger partial charge in [-0.15, -0.1) is 0 Å². The summed E-state index contributed by atoms with van der Waals surface area (Å²) in [4.78, 5) is 20.7. The molecule has 0 fully saturated rings. The van der Waals surface area contributed by atoms with Gasteiger partial charge in [0.2, 0.25) is 17.7 Å². The topological polar surface area (TPSA) is 77.2 Å². The molecule has 0 aliphatic heterocycles. The number of pyridine rings is 1. The number of hydrogen-bond acceptors (Lipinski definition) is 5. The largest absolute Gasteiger partial charge is 0.475 e. The molecule has 2 aromatic heterocycles. The monoisotopic (exact) mass is 351 g/mol. The number of hydrogen-bond donors (Lipinski definition) is 1. The van der Waals surface area contributed by atoms with Gasteiger partial charge in [0.05, 0.1) is 18.2 Å². The quantitative estimate of drug-likeness (QED) is 0.706. The number of amides is 1. The second-order valence-corrected chi connectivity index (χ2v) is 6.13. The van der Waals surface area contributed by atoms with Crippen molar-refractivity contribution >= 4 is 5.91 Å². The van der Waals surface area contributed by atoms with E-state index in [1.165, 1.54) is 6.26 Å². The Kier molecular flexibility index (Phi) is 5.63. The number of aromatic nitrogens is 2. The van der Waals surface area contributed by atoms with Crippen LogP contribution >= 0.6 is 0 Å². The molecule has 6 heteroatoms. The fraction of sp³-hybridized carbons (Fsp3) is 0.250. The number of carbonyl (C=O) groups is 1. The van der Waals surface area contributed by atoms with Gasteiger partial charge in [-0.1, -0.05) is 24.3 Å². The zero-order chi connectivity index (χ0) is 18.4. The number of nitrogens with one attached hydrogen (secondary N) is 1. The third kappa shape index (κ3) is 4.92. The fourth-order valence-corrected chi connectivity index (χ4v) is 2.36. The third-order valence-corrected chi connectivity index (χ3v) is 3.56. The molecule has 3 rings (SSSR count). The lowest BCUT2D eigenvalue weighted by atomic mass is 10.2. The van der Waals surface area contributed by atoms with E-state index in [1.54, 1.807) is 12.3 Å². The van der Waals surface area contributed by atoms with E-state index in [0.717, 1.165) is 11.1 Å². The number of rotatable bonds is 7. The lowest BCUT2D eigenvalue weighted by Crippen LogP contribution is -2.24. The highest BCUT2D eigenvalue weighted by molar-refractivity contribution is 5.78. The van der Waals surface area contributed by atoms with Crippen molar-refractivity contribution in [2.75, 3.05) is 0 Å². The average molecular weight is 351 g/mol. The first-order chi connectivity index (χ1) is 12.6. The van der Waals surface area contributed by atoms with Crippen LogP contribution in [0.4, 0.5) is 0 Å². The lowest BCUT2D eigenvalue weighted by Gasteiger charge is -2.09. The van der Waals surface area contributed by atoms with E-state index >= 15 is 0 Å². The summed E-state index contributed by atoms with van der Waals surface area (Å²) in [6.07, 6.45) is 3.46. The van der Waals surface area contributed by atoms with Crippen LogP contribution < -0.4 is 10.1 Å². The van der Waals surface area contributed by atoms with Crippen molar-refractivity contribution < 1.29 is 13.9 Å². The highest BCUT2D eigenvalue weighted by atomic mass is 16.5.